The van der Waals surface area contributed by atoms with Crippen LogP contribution in [0.25, 0.3) is 0 Å². The first-order valence-electron chi connectivity index (χ1n) is 7.30. The molecule has 1 aliphatic heterocycles. The summed E-state index contributed by atoms with van der Waals surface area (Å²) in [4.78, 5) is 2.47. The summed E-state index contributed by atoms with van der Waals surface area (Å²) in [5.41, 5.74) is 7.24. The van der Waals surface area contributed by atoms with E-state index in [1.807, 2.05) is 13.0 Å². The first-order chi connectivity index (χ1) is 9.11. The molecule has 0 amide bonds. The second-order valence-corrected chi connectivity index (χ2v) is 5.78. The molecule has 0 spiro atoms. The number of nitrogens with zero attached hydrogens (tertiary/aromatic N) is 1. The van der Waals surface area contributed by atoms with Crippen molar-refractivity contribution in [2.75, 3.05) is 24.6 Å². The van der Waals surface area contributed by atoms with Crippen molar-refractivity contribution < 1.29 is 4.74 Å². The van der Waals surface area contributed by atoms with E-state index in [2.05, 4.69) is 36.9 Å². The minimum absolute atomic E-state index is 0.0835. The van der Waals surface area contributed by atoms with Gasteiger partial charge in [-0.1, -0.05) is 12.1 Å². The van der Waals surface area contributed by atoms with Gasteiger partial charge in [0.2, 0.25) is 0 Å². The van der Waals surface area contributed by atoms with Crippen molar-refractivity contribution in [3.8, 4) is 5.75 Å². The predicted octanol–water partition coefficient (Wildman–Crippen LogP) is 3.04. The largest absolute Gasteiger partial charge is 0.492 e. The topological polar surface area (TPSA) is 38.5 Å². The Morgan fingerprint density at radius 2 is 2.11 bits per heavy atom. The van der Waals surface area contributed by atoms with E-state index in [4.69, 9.17) is 10.5 Å². The number of hydrogen-bond acceptors (Lipinski definition) is 3. The lowest BCUT2D eigenvalue weighted by atomic mass is 9.78. The molecule has 1 unspecified atom stereocenters. The smallest absolute Gasteiger partial charge is 0.142 e. The van der Waals surface area contributed by atoms with E-state index in [1.54, 1.807) is 0 Å². The minimum Gasteiger partial charge on any atom is -0.492 e. The average molecular weight is 262 g/mol. The zero-order valence-electron chi connectivity index (χ0n) is 12.4. The Labute approximate surface area is 116 Å². The molecule has 1 aromatic rings. The van der Waals surface area contributed by atoms with Crippen LogP contribution in [0.1, 0.15) is 33.6 Å². The molecule has 0 radical (unpaired) electrons. The summed E-state index contributed by atoms with van der Waals surface area (Å²) < 4.78 is 5.78. The molecule has 1 heterocycles. The quantitative estimate of drug-likeness (QED) is 0.906. The summed E-state index contributed by atoms with van der Waals surface area (Å²) in [6.07, 6.45) is 2.42. The van der Waals surface area contributed by atoms with E-state index in [-0.39, 0.29) is 5.54 Å². The minimum atomic E-state index is 0.0835. The number of para-hydroxylation sites is 2. The number of piperidine rings is 1. The van der Waals surface area contributed by atoms with Crippen molar-refractivity contribution in [1.29, 1.82) is 0 Å². The van der Waals surface area contributed by atoms with Crippen LogP contribution in [-0.4, -0.2) is 25.2 Å². The molecule has 2 rings (SSSR count). The highest BCUT2D eigenvalue weighted by Gasteiger charge is 2.38. The Hall–Kier alpha value is -1.22. The van der Waals surface area contributed by atoms with Gasteiger partial charge < -0.3 is 15.4 Å². The van der Waals surface area contributed by atoms with Gasteiger partial charge in [-0.25, -0.2) is 0 Å². The van der Waals surface area contributed by atoms with Gasteiger partial charge in [-0.15, -0.1) is 0 Å². The van der Waals surface area contributed by atoms with Crippen LogP contribution in [0.3, 0.4) is 0 Å². The number of ether oxygens (including phenoxy) is 1. The van der Waals surface area contributed by atoms with Crippen molar-refractivity contribution in [2.45, 2.75) is 39.2 Å². The normalized spacial score (nSPS) is 22.3. The fourth-order valence-electron chi connectivity index (χ4n) is 3.15. The van der Waals surface area contributed by atoms with Crippen LogP contribution in [0.2, 0.25) is 0 Å². The van der Waals surface area contributed by atoms with E-state index in [0.29, 0.717) is 12.5 Å². The molecular weight excluding hydrogens is 236 g/mol. The van der Waals surface area contributed by atoms with Crippen LogP contribution < -0.4 is 15.4 Å². The molecule has 2 N–H and O–H groups in total. The first kappa shape index (κ1) is 14.2. The summed E-state index contributed by atoms with van der Waals surface area (Å²) in [6.45, 7) is 9.15. The third-order valence-electron chi connectivity index (χ3n) is 4.37. The Balaban J connectivity index is 2.34. The van der Waals surface area contributed by atoms with Crippen LogP contribution in [0.4, 0.5) is 5.69 Å². The Kier molecular flexibility index (Phi) is 4.35. The predicted molar refractivity (Wildman–Crippen MR) is 80.8 cm³/mol. The molecule has 0 saturated carbocycles. The lowest BCUT2D eigenvalue weighted by Crippen LogP contribution is -2.55. The van der Waals surface area contributed by atoms with Crippen LogP contribution in [-0.2, 0) is 0 Å². The number of anilines is 1. The molecule has 1 saturated heterocycles. The molecule has 3 heteroatoms. The van der Waals surface area contributed by atoms with Crippen LogP contribution in [0, 0.1) is 5.92 Å². The number of rotatable bonds is 4. The van der Waals surface area contributed by atoms with Crippen LogP contribution in [0.15, 0.2) is 24.3 Å². The van der Waals surface area contributed by atoms with Gasteiger partial charge in [0.25, 0.3) is 0 Å². The van der Waals surface area contributed by atoms with E-state index in [0.717, 1.165) is 18.8 Å². The van der Waals surface area contributed by atoms with E-state index >= 15 is 0 Å². The highest BCUT2D eigenvalue weighted by molar-refractivity contribution is 5.60. The van der Waals surface area contributed by atoms with E-state index < -0.39 is 0 Å². The van der Waals surface area contributed by atoms with Gasteiger partial charge in [0.15, 0.2) is 0 Å². The van der Waals surface area contributed by atoms with Gasteiger partial charge in [0, 0.05) is 12.1 Å². The average Bonchev–Trinajstić information content (AvgIpc) is 2.39. The lowest BCUT2D eigenvalue weighted by molar-refractivity contribution is 0.241. The van der Waals surface area contributed by atoms with Gasteiger partial charge in [0.1, 0.15) is 5.75 Å². The Bertz CT molecular complexity index is 417. The summed E-state index contributed by atoms with van der Waals surface area (Å²) in [5.74, 6) is 1.52. The molecular formula is C16H26N2O. The third-order valence-corrected chi connectivity index (χ3v) is 4.37. The summed E-state index contributed by atoms with van der Waals surface area (Å²) in [6, 6.07) is 8.33. The molecule has 106 valence electrons. The van der Waals surface area contributed by atoms with Gasteiger partial charge >= 0.3 is 0 Å². The first-order valence-corrected chi connectivity index (χ1v) is 7.30. The van der Waals surface area contributed by atoms with E-state index in [1.165, 1.54) is 18.5 Å². The molecule has 1 aromatic carbocycles. The highest BCUT2D eigenvalue weighted by Crippen LogP contribution is 2.40. The fraction of sp³-hybridized carbons (Fsp3) is 0.625. The van der Waals surface area contributed by atoms with Crippen LogP contribution >= 0.6 is 0 Å². The summed E-state index contributed by atoms with van der Waals surface area (Å²) in [5, 5.41) is 0. The SMILES string of the molecule is CCOc1ccccc1N1CCCC(CN)C1(C)C. The second-order valence-electron chi connectivity index (χ2n) is 5.78. The second kappa shape index (κ2) is 5.83. The highest BCUT2D eigenvalue weighted by atomic mass is 16.5. The molecule has 1 atom stereocenters. The zero-order chi connectivity index (χ0) is 13.9. The maximum atomic E-state index is 5.96. The number of nitrogens with two attached hydrogens (primary N) is 1. The number of hydrogen-bond donors (Lipinski definition) is 1. The molecule has 0 aliphatic carbocycles. The van der Waals surface area contributed by atoms with Crippen molar-refractivity contribution in [2.24, 2.45) is 11.7 Å². The van der Waals surface area contributed by atoms with E-state index in [9.17, 15) is 0 Å². The van der Waals surface area contributed by atoms with Gasteiger partial charge in [0.05, 0.1) is 12.3 Å². The van der Waals surface area contributed by atoms with Crippen molar-refractivity contribution >= 4 is 5.69 Å². The zero-order valence-corrected chi connectivity index (χ0v) is 12.4. The third kappa shape index (κ3) is 2.71. The van der Waals surface area contributed by atoms with Gasteiger partial charge in [-0.2, -0.15) is 0 Å². The van der Waals surface area contributed by atoms with Crippen LogP contribution in [0.5, 0.6) is 5.75 Å². The Morgan fingerprint density at radius 3 is 2.79 bits per heavy atom. The molecule has 0 aromatic heterocycles. The van der Waals surface area contributed by atoms with Crippen molar-refractivity contribution in [3.63, 3.8) is 0 Å². The molecule has 3 nitrogen and oxygen atoms in total. The number of benzene rings is 1. The van der Waals surface area contributed by atoms with Gasteiger partial charge in [-0.3, -0.25) is 0 Å². The standard InChI is InChI=1S/C16H26N2O/c1-4-19-15-10-6-5-9-14(15)18-11-7-8-13(12-17)16(18,2)3/h5-6,9-10,13H,4,7-8,11-12,17H2,1-3H3. The Morgan fingerprint density at radius 1 is 1.37 bits per heavy atom. The summed E-state index contributed by atoms with van der Waals surface area (Å²) >= 11 is 0. The lowest BCUT2D eigenvalue weighted by Gasteiger charge is -2.49. The van der Waals surface area contributed by atoms with Crippen molar-refractivity contribution in [3.05, 3.63) is 24.3 Å². The van der Waals surface area contributed by atoms with Gasteiger partial charge in [-0.05, 0) is 58.2 Å². The maximum Gasteiger partial charge on any atom is 0.142 e. The monoisotopic (exact) mass is 262 g/mol. The molecule has 1 fully saturated rings. The molecule has 0 bridgehead atoms. The molecule has 19 heavy (non-hydrogen) atoms. The van der Waals surface area contributed by atoms with Crippen molar-refractivity contribution in [1.82, 2.24) is 0 Å². The fourth-order valence-corrected chi connectivity index (χ4v) is 3.15. The molecule has 1 aliphatic rings. The summed E-state index contributed by atoms with van der Waals surface area (Å²) in [7, 11) is 0. The maximum absolute atomic E-state index is 5.96.